The maximum Gasteiger partial charge on any atom is 0.177 e. The molecule has 0 saturated carbocycles. The van der Waals surface area contributed by atoms with Crippen LogP contribution in [0.15, 0.2) is 30.3 Å². The molecular formula is C24H24O6. The molecular weight excluding hydrogens is 384 g/mol. The number of hydrogen-bond donors (Lipinski definition) is 0. The Morgan fingerprint density at radius 3 is 2.53 bits per heavy atom. The number of Topliss-reactive ketones (excluding diaryl/α,β-unsaturated/α-hetero) is 1. The number of ketones is 1. The molecule has 0 saturated heterocycles. The van der Waals surface area contributed by atoms with Gasteiger partial charge in [-0.05, 0) is 51.1 Å². The van der Waals surface area contributed by atoms with E-state index >= 15 is 0 Å². The summed E-state index contributed by atoms with van der Waals surface area (Å²) in [7, 11) is 1.59. The molecule has 0 amide bonds. The van der Waals surface area contributed by atoms with Gasteiger partial charge in [0.2, 0.25) is 0 Å². The minimum atomic E-state index is -0.522. The van der Waals surface area contributed by atoms with Crippen molar-refractivity contribution in [2.45, 2.75) is 38.4 Å². The molecule has 3 heterocycles. The second-order valence-corrected chi connectivity index (χ2v) is 8.30. The van der Waals surface area contributed by atoms with Gasteiger partial charge in [0.25, 0.3) is 0 Å². The Labute approximate surface area is 175 Å². The fourth-order valence-corrected chi connectivity index (χ4v) is 4.29. The highest BCUT2D eigenvalue weighted by molar-refractivity contribution is 6.06. The lowest BCUT2D eigenvalue weighted by atomic mass is 9.82. The van der Waals surface area contributed by atoms with Gasteiger partial charge in [0.1, 0.15) is 42.2 Å². The summed E-state index contributed by atoms with van der Waals surface area (Å²) in [5.74, 6) is 2.58. The smallest absolute Gasteiger partial charge is 0.177 e. The Morgan fingerprint density at radius 2 is 1.80 bits per heavy atom. The van der Waals surface area contributed by atoms with Crippen LogP contribution in [0.2, 0.25) is 0 Å². The van der Waals surface area contributed by atoms with E-state index in [4.69, 9.17) is 23.7 Å². The van der Waals surface area contributed by atoms with Crippen molar-refractivity contribution in [1.29, 1.82) is 0 Å². The maximum absolute atomic E-state index is 13.6. The highest BCUT2D eigenvalue weighted by Crippen LogP contribution is 2.48. The van der Waals surface area contributed by atoms with Crippen molar-refractivity contribution in [3.8, 4) is 28.7 Å². The number of hydrogen-bond acceptors (Lipinski definition) is 6. The minimum absolute atomic E-state index is 0.0141. The molecule has 2 aromatic rings. The quantitative estimate of drug-likeness (QED) is 0.734. The molecule has 2 aromatic carbocycles. The van der Waals surface area contributed by atoms with E-state index in [9.17, 15) is 4.79 Å². The lowest BCUT2D eigenvalue weighted by Gasteiger charge is -2.35. The summed E-state index contributed by atoms with van der Waals surface area (Å²) >= 11 is 0. The minimum Gasteiger partial charge on any atom is -0.496 e. The molecule has 3 aliphatic rings. The first-order valence-corrected chi connectivity index (χ1v) is 10.1. The first kappa shape index (κ1) is 18.9. The number of methoxy groups -OCH3 is 1. The van der Waals surface area contributed by atoms with Crippen LogP contribution in [-0.4, -0.2) is 37.8 Å². The van der Waals surface area contributed by atoms with E-state index in [0.29, 0.717) is 41.8 Å². The lowest BCUT2D eigenvalue weighted by molar-refractivity contribution is 0.0802. The second-order valence-electron chi connectivity index (χ2n) is 8.30. The summed E-state index contributed by atoms with van der Waals surface area (Å²) in [4.78, 5) is 13.6. The van der Waals surface area contributed by atoms with E-state index in [1.54, 1.807) is 19.2 Å². The zero-order valence-corrected chi connectivity index (χ0v) is 17.5. The van der Waals surface area contributed by atoms with Crippen LogP contribution in [0, 0.1) is 0 Å². The van der Waals surface area contributed by atoms with Gasteiger partial charge in [-0.25, -0.2) is 0 Å². The van der Waals surface area contributed by atoms with Crippen molar-refractivity contribution < 1.29 is 28.5 Å². The molecule has 6 nitrogen and oxygen atoms in total. The van der Waals surface area contributed by atoms with Crippen molar-refractivity contribution in [3.05, 3.63) is 47.0 Å². The number of rotatable bonds is 2. The maximum atomic E-state index is 13.6. The predicted molar refractivity (Wildman–Crippen MR) is 111 cm³/mol. The molecule has 0 bridgehead atoms. The lowest BCUT2D eigenvalue weighted by Crippen LogP contribution is -2.35. The second kappa shape index (κ2) is 6.69. The fourth-order valence-electron chi connectivity index (χ4n) is 4.29. The molecule has 3 aliphatic heterocycles. The van der Waals surface area contributed by atoms with Crippen molar-refractivity contribution in [2.75, 3.05) is 20.3 Å². The zero-order chi connectivity index (χ0) is 21.0. The van der Waals surface area contributed by atoms with Crippen LogP contribution in [-0.2, 0) is 0 Å². The number of fused-ring (bicyclic) bond motifs is 4. The first-order valence-electron chi connectivity index (χ1n) is 10.1. The molecule has 0 aromatic heterocycles. The summed E-state index contributed by atoms with van der Waals surface area (Å²) in [6.45, 7) is 6.84. The SMILES string of the molecule is COc1cc2c(cc1C1C(=O)c3ccc4c(c3OC1C)C=CC(C)(C)O4)OCCO2. The van der Waals surface area contributed by atoms with Gasteiger partial charge in [-0.2, -0.15) is 0 Å². The molecule has 2 unspecified atom stereocenters. The predicted octanol–water partition coefficient (Wildman–Crippen LogP) is 4.40. The average Bonchev–Trinajstić information content (AvgIpc) is 2.72. The highest BCUT2D eigenvalue weighted by Gasteiger charge is 2.40. The highest BCUT2D eigenvalue weighted by atomic mass is 16.6. The molecule has 6 heteroatoms. The average molecular weight is 408 g/mol. The van der Waals surface area contributed by atoms with Crippen molar-refractivity contribution in [3.63, 3.8) is 0 Å². The zero-order valence-electron chi connectivity index (χ0n) is 17.5. The summed E-state index contributed by atoms with van der Waals surface area (Å²) in [5.41, 5.74) is 1.68. The van der Waals surface area contributed by atoms with Crippen LogP contribution in [0.3, 0.4) is 0 Å². The molecule has 2 atom stereocenters. The van der Waals surface area contributed by atoms with Gasteiger partial charge in [0, 0.05) is 11.6 Å². The number of benzene rings is 2. The van der Waals surface area contributed by atoms with Crippen LogP contribution in [0.1, 0.15) is 48.2 Å². The molecule has 0 aliphatic carbocycles. The largest absolute Gasteiger partial charge is 0.496 e. The Bertz CT molecular complexity index is 1070. The number of ether oxygens (including phenoxy) is 5. The Morgan fingerprint density at radius 1 is 1.07 bits per heavy atom. The Kier molecular flexibility index (Phi) is 4.20. The van der Waals surface area contributed by atoms with Gasteiger partial charge >= 0.3 is 0 Å². The van der Waals surface area contributed by atoms with Crippen molar-refractivity contribution in [2.24, 2.45) is 0 Å². The van der Waals surface area contributed by atoms with Crippen molar-refractivity contribution >= 4 is 11.9 Å². The van der Waals surface area contributed by atoms with Gasteiger partial charge in [0.05, 0.1) is 24.2 Å². The van der Waals surface area contributed by atoms with E-state index in [-0.39, 0.29) is 5.78 Å². The van der Waals surface area contributed by atoms with Crippen LogP contribution < -0.4 is 23.7 Å². The molecule has 0 N–H and O–H groups in total. The Balaban J connectivity index is 1.59. The van der Waals surface area contributed by atoms with Gasteiger partial charge in [-0.3, -0.25) is 4.79 Å². The topological polar surface area (TPSA) is 63.2 Å². The van der Waals surface area contributed by atoms with Gasteiger partial charge < -0.3 is 23.7 Å². The fraction of sp³-hybridized carbons (Fsp3) is 0.375. The number of carbonyl (C=O) groups excluding carboxylic acids is 1. The van der Waals surface area contributed by atoms with Crippen molar-refractivity contribution in [1.82, 2.24) is 0 Å². The monoisotopic (exact) mass is 408 g/mol. The van der Waals surface area contributed by atoms with Gasteiger partial charge in [-0.1, -0.05) is 0 Å². The third-order valence-electron chi connectivity index (χ3n) is 5.73. The molecule has 0 fully saturated rings. The van der Waals surface area contributed by atoms with E-state index in [1.165, 1.54) is 0 Å². The summed E-state index contributed by atoms with van der Waals surface area (Å²) < 4.78 is 29.3. The van der Waals surface area contributed by atoms with Crippen LogP contribution in [0.25, 0.3) is 6.08 Å². The molecule has 0 radical (unpaired) electrons. The standard InChI is InChI=1S/C24H24O6/c1-13-21(16-11-19-20(12-18(16)26-4)28-10-9-27-19)22(25)15-5-6-17-14(23(15)29-13)7-8-24(2,3)30-17/h5-8,11-13,21H,9-10H2,1-4H3. The summed E-state index contributed by atoms with van der Waals surface area (Å²) in [6.07, 6.45) is 3.56. The van der Waals surface area contributed by atoms with Gasteiger partial charge in [0.15, 0.2) is 17.3 Å². The third kappa shape index (κ3) is 2.90. The summed E-state index contributed by atoms with van der Waals surface area (Å²) in [6, 6.07) is 7.25. The van der Waals surface area contributed by atoms with Gasteiger partial charge in [-0.15, -0.1) is 0 Å². The summed E-state index contributed by atoms with van der Waals surface area (Å²) in [5, 5.41) is 0. The van der Waals surface area contributed by atoms with Crippen LogP contribution in [0.4, 0.5) is 0 Å². The van der Waals surface area contributed by atoms with E-state index in [1.807, 2.05) is 45.1 Å². The van der Waals surface area contributed by atoms with E-state index < -0.39 is 17.6 Å². The molecule has 30 heavy (non-hydrogen) atoms. The van der Waals surface area contributed by atoms with Crippen LogP contribution >= 0.6 is 0 Å². The van der Waals surface area contributed by atoms with E-state index in [2.05, 4.69) is 0 Å². The number of carbonyl (C=O) groups is 1. The van der Waals surface area contributed by atoms with Crippen LogP contribution in [0.5, 0.6) is 28.7 Å². The Hall–Kier alpha value is -3.15. The molecule has 0 spiro atoms. The third-order valence-corrected chi connectivity index (χ3v) is 5.73. The normalized spacial score (nSPS) is 23.0. The molecule has 156 valence electrons. The first-order chi connectivity index (χ1) is 14.4. The van der Waals surface area contributed by atoms with E-state index in [0.717, 1.165) is 16.9 Å². The molecule has 5 rings (SSSR count).